The Kier molecular flexibility index (Phi) is 5.71. The summed E-state index contributed by atoms with van der Waals surface area (Å²) in [6.07, 6.45) is 9.17. The van der Waals surface area contributed by atoms with Gasteiger partial charge in [0.1, 0.15) is 11.6 Å². The van der Waals surface area contributed by atoms with Crippen molar-refractivity contribution in [2.45, 2.75) is 32.4 Å². The predicted molar refractivity (Wildman–Crippen MR) is 118 cm³/mol. The van der Waals surface area contributed by atoms with E-state index in [9.17, 15) is 9.18 Å². The number of rotatable bonds is 5. The van der Waals surface area contributed by atoms with E-state index in [0.717, 1.165) is 46.3 Å². The fourth-order valence-electron chi connectivity index (χ4n) is 4.60. The molecular weight excluding hydrogens is 395 g/mol. The fraction of sp³-hybridized carbons (Fsp3) is 0.320. The molecular formula is C25H25FN2O3. The molecule has 0 amide bonds. The van der Waals surface area contributed by atoms with E-state index < -0.39 is 11.8 Å². The van der Waals surface area contributed by atoms with Gasteiger partial charge in [-0.25, -0.2) is 9.18 Å². The first kappa shape index (κ1) is 21.0. The van der Waals surface area contributed by atoms with Crippen LogP contribution < -0.4 is 4.74 Å². The molecule has 31 heavy (non-hydrogen) atoms. The number of likely N-dealkylation sites (tertiary alicyclic amines) is 1. The molecule has 2 N–H and O–H groups in total. The minimum atomic E-state index is -1.27. The number of H-pyrrole nitrogens is 1. The molecule has 0 bridgehead atoms. The molecule has 3 aromatic rings. The summed E-state index contributed by atoms with van der Waals surface area (Å²) in [5.74, 6) is 1.75. The Hall–Kier alpha value is -3.30. The van der Waals surface area contributed by atoms with Crippen LogP contribution >= 0.6 is 0 Å². The molecule has 1 saturated heterocycles. The molecule has 6 heteroatoms. The number of hydrogen-bond acceptors (Lipinski definition) is 3. The molecule has 1 aliphatic heterocycles. The third-order valence-electron chi connectivity index (χ3n) is 6.25. The van der Waals surface area contributed by atoms with E-state index in [0.29, 0.717) is 13.0 Å². The molecule has 0 aliphatic carbocycles. The molecule has 0 unspecified atom stereocenters. The highest BCUT2D eigenvalue weighted by Gasteiger charge is 2.31. The number of piperidine rings is 1. The zero-order chi connectivity index (χ0) is 22.1. The summed E-state index contributed by atoms with van der Waals surface area (Å²) in [7, 11) is 1.67. The molecule has 0 spiro atoms. The Morgan fingerprint density at radius 2 is 2.19 bits per heavy atom. The summed E-state index contributed by atoms with van der Waals surface area (Å²) in [5, 5.41) is 10.3. The Morgan fingerprint density at radius 3 is 2.87 bits per heavy atom. The molecule has 2 heterocycles. The van der Waals surface area contributed by atoms with Crippen LogP contribution in [0.3, 0.4) is 0 Å². The summed E-state index contributed by atoms with van der Waals surface area (Å²) in [4.78, 5) is 16.8. The molecule has 0 radical (unpaired) electrons. The molecule has 1 fully saturated rings. The van der Waals surface area contributed by atoms with Gasteiger partial charge in [-0.15, -0.1) is 12.3 Å². The maximum atomic E-state index is 14.5. The first-order valence-electron chi connectivity index (χ1n) is 10.3. The number of ether oxygens (including phenoxy) is 1. The number of nitrogens with zero attached hydrogens (tertiary/aromatic N) is 1. The van der Waals surface area contributed by atoms with Crippen molar-refractivity contribution in [3.8, 4) is 18.1 Å². The zero-order valence-electron chi connectivity index (χ0n) is 17.6. The lowest BCUT2D eigenvalue weighted by atomic mass is 9.86. The number of methoxy groups -OCH3 is 1. The van der Waals surface area contributed by atoms with Crippen LogP contribution in [0.15, 0.2) is 36.5 Å². The summed E-state index contributed by atoms with van der Waals surface area (Å²) in [6.45, 7) is 3.41. The average molecular weight is 420 g/mol. The maximum Gasteiger partial charge on any atom is 0.338 e. The Morgan fingerprint density at radius 1 is 1.39 bits per heavy atom. The van der Waals surface area contributed by atoms with Gasteiger partial charge in [0, 0.05) is 47.7 Å². The van der Waals surface area contributed by atoms with Crippen molar-refractivity contribution in [1.29, 1.82) is 0 Å². The smallest absolute Gasteiger partial charge is 0.338 e. The van der Waals surface area contributed by atoms with Gasteiger partial charge in [-0.3, -0.25) is 4.90 Å². The van der Waals surface area contributed by atoms with Crippen LogP contribution in [0.2, 0.25) is 0 Å². The van der Waals surface area contributed by atoms with Crippen LogP contribution in [0.25, 0.3) is 10.9 Å². The first-order valence-corrected chi connectivity index (χ1v) is 10.3. The second kappa shape index (κ2) is 8.44. The van der Waals surface area contributed by atoms with E-state index in [1.807, 2.05) is 25.3 Å². The minimum absolute atomic E-state index is 0.0932. The van der Waals surface area contributed by atoms with Gasteiger partial charge in [-0.1, -0.05) is 6.07 Å². The fourth-order valence-corrected chi connectivity index (χ4v) is 4.60. The van der Waals surface area contributed by atoms with E-state index in [-0.39, 0.29) is 17.5 Å². The third-order valence-corrected chi connectivity index (χ3v) is 6.25. The number of aromatic nitrogens is 1. The lowest BCUT2D eigenvalue weighted by molar-refractivity contribution is 0.0691. The van der Waals surface area contributed by atoms with Gasteiger partial charge < -0.3 is 14.8 Å². The summed E-state index contributed by atoms with van der Waals surface area (Å²) in [6, 6.07) is 8.32. The number of terminal acetylenes is 1. The largest absolute Gasteiger partial charge is 0.496 e. The van der Waals surface area contributed by atoms with Gasteiger partial charge in [0.15, 0.2) is 0 Å². The number of aromatic carboxylic acids is 1. The van der Waals surface area contributed by atoms with Crippen LogP contribution in [0, 0.1) is 31.0 Å². The van der Waals surface area contributed by atoms with Gasteiger partial charge in [-0.05, 0) is 55.2 Å². The third kappa shape index (κ3) is 3.89. The average Bonchev–Trinajstić information content (AvgIpc) is 3.26. The van der Waals surface area contributed by atoms with Crippen molar-refractivity contribution < 1.29 is 19.0 Å². The number of hydrogen-bond donors (Lipinski definition) is 2. The van der Waals surface area contributed by atoms with Crippen molar-refractivity contribution >= 4 is 16.9 Å². The number of nitrogens with one attached hydrogen (secondary N) is 1. The number of carbonyl (C=O) groups is 1. The number of aryl methyl sites for hydroxylation is 1. The van der Waals surface area contributed by atoms with Crippen molar-refractivity contribution in [2.24, 2.45) is 5.92 Å². The second-order valence-corrected chi connectivity index (χ2v) is 8.06. The summed E-state index contributed by atoms with van der Waals surface area (Å²) in [5.41, 5.74) is 3.65. The van der Waals surface area contributed by atoms with Crippen LogP contribution in [-0.2, 0) is 6.54 Å². The van der Waals surface area contributed by atoms with Crippen LogP contribution in [0.1, 0.15) is 45.9 Å². The number of halogens is 1. The molecule has 2 aromatic carbocycles. The number of carboxylic acid groups (broad SMARTS) is 1. The highest BCUT2D eigenvalue weighted by atomic mass is 19.1. The Bertz CT molecular complexity index is 1180. The molecule has 160 valence electrons. The van der Waals surface area contributed by atoms with Gasteiger partial charge in [0.25, 0.3) is 0 Å². The first-order chi connectivity index (χ1) is 14.9. The van der Waals surface area contributed by atoms with Gasteiger partial charge >= 0.3 is 5.97 Å². The van der Waals surface area contributed by atoms with E-state index in [1.54, 1.807) is 13.2 Å². The number of benzene rings is 2. The SMILES string of the molecule is C#C[C@H]1CCN(Cc2c(OC)cc(C)c3[nH]ccc23)[C@H](c2ccc(C(=O)O)c(F)c2)C1. The van der Waals surface area contributed by atoms with Crippen molar-refractivity contribution in [2.75, 3.05) is 13.7 Å². The molecule has 1 aromatic heterocycles. The van der Waals surface area contributed by atoms with E-state index in [2.05, 4.69) is 15.8 Å². The van der Waals surface area contributed by atoms with E-state index >= 15 is 0 Å². The van der Waals surface area contributed by atoms with Crippen molar-refractivity contribution in [1.82, 2.24) is 9.88 Å². The Labute approximate surface area is 180 Å². The monoisotopic (exact) mass is 420 g/mol. The zero-order valence-corrected chi connectivity index (χ0v) is 17.6. The topological polar surface area (TPSA) is 65.6 Å². The quantitative estimate of drug-likeness (QED) is 0.576. The molecule has 4 rings (SSSR count). The standard InChI is InChI=1S/C25H25FN2O3/c1-4-16-8-10-28(22(12-16)17-5-6-19(25(29)30)21(26)13-17)14-20-18-7-9-27-24(18)15(2)11-23(20)31-3/h1,5-7,9,11,13,16,22,27H,8,10,12,14H2,2-3H3,(H,29,30)/t16-,22-/m0/s1. The predicted octanol–water partition coefficient (Wildman–Crippen LogP) is 4.91. The molecule has 2 atom stereocenters. The molecule has 5 nitrogen and oxygen atoms in total. The highest BCUT2D eigenvalue weighted by molar-refractivity contribution is 5.88. The number of aromatic amines is 1. The lowest BCUT2D eigenvalue weighted by Gasteiger charge is -2.39. The number of fused-ring (bicyclic) bond motifs is 1. The Balaban J connectivity index is 1.73. The highest BCUT2D eigenvalue weighted by Crippen LogP contribution is 2.39. The van der Waals surface area contributed by atoms with Crippen LogP contribution in [0.4, 0.5) is 4.39 Å². The normalized spacial score (nSPS) is 19.3. The van der Waals surface area contributed by atoms with E-state index in [4.69, 9.17) is 16.3 Å². The lowest BCUT2D eigenvalue weighted by Crippen LogP contribution is -2.36. The van der Waals surface area contributed by atoms with Gasteiger partial charge in [0.05, 0.1) is 12.7 Å². The van der Waals surface area contributed by atoms with Gasteiger partial charge in [-0.2, -0.15) is 0 Å². The van der Waals surface area contributed by atoms with Crippen molar-refractivity contribution in [3.63, 3.8) is 0 Å². The number of carboxylic acids is 1. The molecule has 1 aliphatic rings. The maximum absolute atomic E-state index is 14.5. The van der Waals surface area contributed by atoms with Crippen LogP contribution in [0.5, 0.6) is 5.75 Å². The van der Waals surface area contributed by atoms with Crippen LogP contribution in [-0.4, -0.2) is 34.6 Å². The minimum Gasteiger partial charge on any atom is -0.496 e. The summed E-state index contributed by atoms with van der Waals surface area (Å²) < 4.78 is 20.1. The van der Waals surface area contributed by atoms with Crippen molar-refractivity contribution in [3.05, 3.63) is 64.6 Å². The molecule has 0 saturated carbocycles. The van der Waals surface area contributed by atoms with E-state index in [1.165, 1.54) is 12.1 Å². The van der Waals surface area contributed by atoms with Gasteiger partial charge in [0.2, 0.25) is 0 Å². The second-order valence-electron chi connectivity index (χ2n) is 8.06. The summed E-state index contributed by atoms with van der Waals surface area (Å²) >= 11 is 0.